The Morgan fingerprint density at radius 1 is 1.38 bits per heavy atom. The predicted octanol–water partition coefficient (Wildman–Crippen LogP) is 3.73. The minimum atomic E-state index is 0.437. The van der Waals surface area contributed by atoms with Crippen molar-refractivity contribution in [2.45, 2.75) is 51.3 Å². The summed E-state index contributed by atoms with van der Waals surface area (Å²) in [5.74, 6) is 0. The van der Waals surface area contributed by atoms with Crippen molar-refractivity contribution in [1.29, 1.82) is 0 Å². The lowest BCUT2D eigenvalue weighted by atomic mass is 9.51. The molecule has 1 heterocycles. The average molecular weight is 302 g/mol. The van der Waals surface area contributed by atoms with Crippen molar-refractivity contribution in [2.24, 2.45) is 5.41 Å². The van der Waals surface area contributed by atoms with Gasteiger partial charge in [-0.05, 0) is 38.3 Å². The molecule has 2 saturated carbocycles. The van der Waals surface area contributed by atoms with E-state index in [0.717, 1.165) is 18.7 Å². The van der Waals surface area contributed by atoms with E-state index in [1.165, 1.54) is 35.4 Å². The summed E-state index contributed by atoms with van der Waals surface area (Å²) < 4.78 is 7.20. The fraction of sp³-hybridized carbons (Fsp3) is 0.588. The molecule has 1 spiro atoms. The Hall–Kier alpha value is -0.970. The van der Waals surface area contributed by atoms with Gasteiger partial charge in [0.1, 0.15) is 5.01 Å². The molecule has 0 bridgehead atoms. The van der Waals surface area contributed by atoms with Gasteiger partial charge in [-0.3, -0.25) is 0 Å². The second-order valence-electron chi connectivity index (χ2n) is 6.28. The Balaban J connectivity index is 1.41. The van der Waals surface area contributed by atoms with E-state index in [4.69, 9.17) is 9.72 Å². The van der Waals surface area contributed by atoms with Gasteiger partial charge < -0.3 is 10.1 Å². The van der Waals surface area contributed by atoms with Crippen LogP contribution in [0.4, 0.5) is 0 Å². The predicted molar refractivity (Wildman–Crippen MR) is 86.6 cm³/mol. The number of hydrogen-bond donors (Lipinski definition) is 1. The molecule has 112 valence electrons. The van der Waals surface area contributed by atoms with E-state index >= 15 is 0 Å². The summed E-state index contributed by atoms with van der Waals surface area (Å²) in [6.07, 6.45) is 5.68. The Morgan fingerprint density at radius 3 is 2.95 bits per heavy atom. The molecule has 1 aromatic heterocycles. The Kier molecular flexibility index (Phi) is 3.48. The summed E-state index contributed by atoms with van der Waals surface area (Å²) in [4.78, 5) is 4.71. The number of fused-ring (bicyclic) bond motifs is 1. The summed E-state index contributed by atoms with van der Waals surface area (Å²) in [6, 6.07) is 9.01. The normalized spacial score (nSPS) is 26.7. The highest BCUT2D eigenvalue weighted by Gasteiger charge is 2.58. The third-order valence-corrected chi connectivity index (χ3v) is 6.31. The van der Waals surface area contributed by atoms with Gasteiger partial charge in [-0.15, -0.1) is 11.3 Å². The molecule has 0 saturated heterocycles. The van der Waals surface area contributed by atoms with Crippen LogP contribution in [0, 0.1) is 5.41 Å². The number of thiazole rings is 1. The smallest absolute Gasteiger partial charge is 0.108 e. The number of rotatable bonds is 5. The van der Waals surface area contributed by atoms with Crippen LogP contribution in [0.1, 0.15) is 37.6 Å². The largest absolute Gasteiger partial charge is 0.378 e. The van der Waals surface area contributed by atoms with Crippen molar-refractivity contribution in [3.63, 3.8) is 0 Å². The van der Waals surface area contributed by atoms with Gasteiger partial charge in [0.2, 0.25) is 0 Å². The van der Waals surface area contributed by atoms with E-state index in [0.29, 0.717) is 17.6 Å². The van der Waals surface area contributed by atoms with E-state index in [1.807, 2.05) is 0 Å². The highest BCUT2D eigenvalue weighted by Crippen LogP contribution is 2.57. The Morgan fingerprint density at radius 2 is 2.24 bits per heavy atom. The van der Waals surface area contributed by atoms with Gasteiger partial charge in [-0.2, -0.15) is 0 Å². The van der Waals surface area contributed by atoms with Crippen molar-refractivity contribution in [3.05, 3.63) is 29.3 Å². The lowest BCUT2D eigenvalue weighted by Gasteiger charge is -2.61. The Labute approximate surface area is 129 Å². The number of benzene rings is 1. The van der Waals surface area contributed by atoms with Gasteiger partial charge in [0, 0.05) is 24.6 Å². The number of nitrogens with one attached hydrogen (secondary N) is 1. The van der Waals surface area contributed by atoms with Crippen molar-refractivity contribution in [1.82, 2.24) is 10.3 Å². The van der Waals surface area contributed by atoms with Gasteiger partial charge >= 0.3 is 0 Å². The van der Waals surface area contributed by atoms with Gasteiger partial charge in [-0.1, -0.05) is 18.6 Å². The van der Waals surface area contributed by atoms with Crippen LogP contribution in [0.5, 0.6) is 0 Å². The van der Waals surface area contributed by atoms with E-state index < -0.39 is 0 Å². The number of hydrogen-bond acceptors (Lipinski definition) is 4. The molecule has 0 aliphatic heterocycles. The molecule has 21 heavy (non-hydrogen) atoms. The van der Waals surface area contributed by atoms with E-state index in [1.54, 1.807) is 11.3 Å². The third kappa shape index (κ3) is 2.20. The standard InChI is InChI=1S/C17H22N2OS/c1-2-20-15-10-14(17(15)8-5-9-17)18-11-16-19-12-6-3-4-7-13(12)21-16/h3-4,6-7,14-15,18H,2,5,8-11H2,1H3. The molecule has 2 aromatic rings. The lowest BCUT2D eigenvalue weighted by molar-refractivity contribution is -0.173. The molecule has 1 aromatic carbocycles. The molecule has 0 radical (unpaired) electrons. The summed E-state index contributed by atoms with van der Waals surface area (Å²) in [5, 5.41) is 4.94. The van der Waals surface area contributed by atoms with Gasteiger partial charge in [0.05, 0.1) is 16.3 Å². The fourth-order valence-corrected chi connectivity index (χ4v) is 4.85. The van der Waals surface area contributed by atoms with Crippen LogP contribution in [-0.2, 0) is 11.3 Å². The summed E-state index contributed by atoms with van der Waals surface area (Å²) in [6.45, 7) is 3.84. The maximum absolute atomic E-state index is 5.91. The highest BCUT2D eigenvalue weighted by atomic mass is 32.1. The maximum Gasteiger partial charge on any atom is 0.108 e. The minimum Gasteiger partial charge on any atom is -0.378 e. The van der Waals surface area contributed by atoms with Gasteiger partial charge in [0.15, 0.2) is 0 Å². The fourth-order valence-electron chi connectivity index (χ4n) is 3.93. The first-order valence-electron chi connectivity index (χ1n) is 8.01. The summed E-state index contributed by atoms with van der Waals surface area (Å²) in [5.41, 5.74) is 1.56. The molecule has 2 aliphatic carbocycles. The quantitative estimate of drug-likeness (QED) is 0.913. The van der Waals surface area contributed by atoms with Gasteiger partial charge in [0.25, 0.3) is 0 Å². The van der Waals surface area contributed by atoms with Gasteiger partial charge in [-0.25, -0.2) is 4.98 Å². The first-order valence-corrected chi connectivity index (χ1v) is 8.83. The molecule has 4 rings (SSSR count). The molecule has 4 heteroatoms. The molecule has 2 atom stereocenters. The van der Waals surface area contributed by atoms with E-state index in [9.17, 15) is 0 Å². The van der Waals surface area contributed by atoms with Crippen molar-refractivity contribution < 1.29 is 4.74 Å². The SMILES string of the molecule is CCOC1CC(NCc2nc3ccccc3s2)C12CCC2. The molecule has 1 N–H and O–H groups in total. The number of para-hydroxylation sites is 1. The maximum atomic E-state index is 5.91. The zero-order chi connectivity index (χ0) is 14.3. The molecule has 3 nitrogen and oxygen atoms in total. The minimum absolute atomic E-state index is 0.437. The molecular formula is C17H22N2OS. The lowest BCUT2D eigenvalue weighted by Crippen LogP contribution is -2.66. The molecule has 2 unspecified atom stereocenters. The van der Waals surface area contributed by atoms with E-state index in [2.05, 4.69) is 36.5 Å². The first-order chi connectivity index (χ1) is 10.3. The average Bonchev–Trinajstić information content (AvgIpc) is 2.82. The van der Waals surface area contributed by atoms with Crippen LogP contribution < -0.4 is 5.32 Å². The second kappa shape index (κ2) is 5.34. The first kappa shape index (κ1) is 13.7. The molecule has 2 aliphatic rings. The number of aromatic nitrogens is 1. The zero-order valence-electron chi connectivity index (χ0n) is 12.5. The molecular weight excluding hydrogens is 280 g/mol. The third-order valence-electron chi connectivity index (χ3n) is 5.28. The van der Waals surface area contributed by atoms with E-state index in [-0.39, 0.29) is 0 Å². The second-order valence-corrected chi connectivity index (χ2v) is 7.39. The summed E-state index contributed by atoms with van der Waals surface area (Å²) in [7, 11) is 0. The topological polar surface area (TPSA) is 34.1 Å². The summed E-state index contributed by atoms with van der Waals surface area (Å²) >= 11 is 1.81. The van der Waals surface area contributed by atoms with Crippen LogP contribution in [0.2, 0.25) is 0 Å². The molecule has 2 fully saturated rings. The number of ether oxygens (including phenoxy) is 1. The zero-order valence-corrected chi connectivity index (χ0v) is 13.3. The van der Waals surface area contributed by atoms with Crippen LogP contribution in [0.3, 0.4) is 0 Å². The molecule has 0 amide bonds. The van der Waals surface area contributed by atoms with Crippen molar-refractivity contribution in [2.75, 3.05) is 6.61 Å². The number of nitrogens with zero attached hydrogens (tertiary/aromatic N) is 1. The van der Waals surface area contributed by atoms with Crippen LogP contribution in [0.25, 0.3) is 10.2 Å². The highest BCUT2D eigenvalue weighted by molar-refractivity contribution is 7.18. The Bertz CT molecular complexity index is 602. The van der Waals surface area contributed by atoms with Crippen molar-refractivity contribution in [3.8, 4) is 0 Å². The van der Waals surface area contributed by atoms with Crippen LogP contribution in [-0.4, -0.2) is 23.7 Å². The van der Waals surface area contributed by atoms with Crippen LogP contribution >= 0.6 is 11.3 Å². The monoisotopic (exact) mass is 302 g/mol. The van der Waals surface area contributed by atoms with Crippen molar-refractivity contribution >= 4 is 21.6 Å². The van der Waals surface area contributed by atoms with Crippen LogP contribution in [0.15, 0.2) is 24.3 Å².